The van der Waals surface area contributed by atoms with Crippen molar-refractivity contribution in [2.24, 2.45) is 5.92 Å². The quantitative estimate of drug-likeness (QED) is 0.792. The minimum Gasteiger partial charge on any atom is -0.334 e. The van der Waals surface area contributed by atoms with Crippen molar-refractivity contribution < 1.29 is 9.59 Å². The SMILES string of the molecule is CC1CCCN(C(=O)C(=O)N(Cc2ccccc2)Cc2ccccc2)C1. The van der Waals surface area contributed by atoms with Crippen LogP contribution in [0.2, 0.25) is 0 Å². The smallest absolute Gasteiger partial charge is 0.312 e. The average Bonchev–Trinajstić information content (AvgIpc) is 2.68. The van der Waals surface area contributed by atoms with E-state index in [0.29, 0.717) is 32.1 Å². The van der Waals surface area contributed by atoms with E-state index in [0.717, 1.165) is 24.0 Å². The van der Waals surface area contributed by atoms with Crippen LogP contribution in [0, 0.1) is 5.92 Å². The molecule has 2 aromatic carbocycles. The number of benzene rings is 2. The highest BCUT2D eigenvalue weighted by Gasteiger charge is 2.29. The van der Waals surface area contributed by atoms with Crippen molar-refractivity contribution in [1.82, 2.24) is 9.80 Å². The van der Waals surface area contributed by atoms with E-state index in [4.69, 9.17) is 0 Å². The van der Waals surface area contributed by atoms with Crippen molar-refractivity contribution in [2.75, 3.05) is 13.1 Å². The summed E-state index contributed by atoms with van der Waals surface area (Å²) in [5, 5.41) is 0. The van der Waals surface area contributed by atoms with Crippen molar-refractivity contribution in [3.8, 4) is 0 Å². The molecule has 0 bridgehead atoms. The molecule has 1 aliphatic rings. The fourth-order valence-electron chi connectivity index (χ4n) is 3.45. The number of likely N-dealkylation sites (tertiary alicyclic amines) is 1. The maximum absolute atomic E-state index is 13.0. The Morgan fingerprint density at radius 3 is 2.00 bits per heavy atom. The fourth-order valence-corrected chi connectivity index (χ4v) is 3.45. The van der Waals surface area contributed by atoms with Crippen LogP contribution in [0.1, 0.15) is 30.9 Å². The number of nitrogens with zero attached hydrogens (tertiary/aromatic N) is 2. The van der Waals surface area contributed by atoms with Gasteiger partial charge in [0, 0.05) is 26.2 Å². The third-order valence-electron chi connectivity index (χ3n) is 4.85. The summed E-state index contributed by atoms with van der Waals surface area (Å²) in [4.78, 5) is 29.2. The van der Waals surface area contributed by atoms with E-state index in [2.05, 4.69) is 6.92 Å². The van der Waals surface area contributed by atoms with Crippen LogP contribution in [0.5, 0.6) is 0 Å². The highest BCUT2D eigenvalue weighted by Crippen LogP contribution is 2.17. The third kappa shape index (κ3) is 4.72. The Hall–Kier alpha value is -2.62. The Kier molecular flexibility index (Phi) is 6.05. The molecule has 136 valence electrons. The van der Waals surface area contributed by atoms with Crippen molar-refractivity contribution in [1.29, 1.82) is 0 Å². The molecule has 0 spiro atoms. The van der Waals surface area contributed by atoms with Crippen LogP contribution in [-0.4, -0.2) is 34.7 Å². The molecule has 1 unspecified atom stereocenters. The first-order valence-corrected chi connectivity index (χ1v) is 9.29. The standard InChI is InChI=1S/C22H26N2O2/c1-18-9-8-14-23(15-18)21(25)22(26)24(16-19-10-4-2-5-11-19)17-20-12-6-3-7-13-20/h2-7,10-13,18H,8-9,14-17H2,1H3. The minimum absolute atomic E-state index is 0.372. The fraction of sp³-hybridized carbons (Fsp3) is 0.364. The summed E-state index contributed by atoms with van der Waals surface area (Å²) in [5.74, 6) is -0.326. The van der Waals surface area contributed by atoms with E-state index in [1.807, 2.05) is 60.7 Å². The van der Waals surface area contributed by atoms with Gasteiger partial charge < -0.3 is 9.80 Å². The van der Waals surface area contributed by atoms with E-state index in [1.165, 1.54) is 0 Å². The summed E-state index contributed by atoms with van der Waals surface area (Å²) in [5.41, 5.74) is 2.05. The van der Waals surface area contributed by atoms with E-state index < -0.39 is 5.91 Å². The summed E-state index contributed by atoms with van der Waals surface area (Å²) in [6.45, 7) is 4.36. The highest BCUT2D eigenvalue weighted by molar-refractivity contribution is 6.34. The van der Waals surface area contributed by atoms with Gasteiger partial charge in [-0.25, -0.2) is 0 Å². The highest BCUT2D eigenvalue weighted by atomic mass is 16.2. The minimum atomic E-state index is -0.410. The second-order valence-corrected chi connectivity index (χ2v) is 7.13. The lowest BCUT2D eigenvalue weighted by Crippen LogP contribution is -2.48. The first kappa shape index (κ1) is 18.2. The largest absolute Gasteiger partial charge is 0.334 e. The van der Waals surface area contributed by atoms with Gasteiger partial charge in [-0.05, 0) is 29.9 Å². The van der Waals surface area contributed by atoms with E-state index in [1.54, 1.807) is 9.80 Å². The second-order valence-electron chi connectivity index (χ2n) is 7.13. The van der Waals surface area contributed by atoms with Gasteiger partial charge in [0.2, 0.25) is 0 Å². The number of piperidine rings is 1. The normalized spacial score (nSPS) is 17.0. The zero-order valence-corrected chi connectivity index (χ0v) is 15.3. The van der Waals surface area contributed by atoms with E-state index >= 15 is 0 Å². The Balaban J connectivity index is 1.77. The molecule has 0 aliphatic carbocycles. The number of hydrogen-bond acceptors (Lipinski definition) is 2. The summed E-state index contributed by atoms with van der Waals surface area (Å²) >= 11 is 0. The molecule has 1 atom stereocenters. The molecule has 2 aromatic rings. The summed E-state index contributed by atoms with van der Waals surface area (Å²) in [6.07, 6.45) is 2.09. The zero-order valence-electron chi connectivity index (χ0n) is 15.3. The second kappa shape index (κ2) is 8.65. The molecule has 0 aromatic heterocycles. The van der Waals surface area contributed by atoms with Gasteiger partial charge in [0.15, 0.2) is 0 Å². The lowest BCUT2D eigenvalue weighted by atomic mass is 10.0. The van der Waals surface area contributed by atoms with Gasteiger partial charge in [-0.15, -0.1) is 0 Å². The summed E-state index contributed by atoms with van der Waals surface area (Å²) in [6, 6.07) is 19.7. The molecule has 2 amide bonds. The Labute approximate surface area is 155 Å². The molecular formula is C22H26N2O2. The van der Waals surface area contributed by atoms with Gasteiger partial charge in [-0.2, -0.15) is 0 Å². The van der Waals surface area contributed by atoms with Crippen LogP contribution in [0.25, 0.3) is 0 Å². The van der Waals surface area contributed by atoms with Crippen molar-refractivity contribution in [3.05, 3.63) is 71.8 Å². The van der Waals surface area contributed by atoms with Crippen LogP contribution >= 0.6 is 0 Å². The first-order chi connectivity index (χ1) is 12.6. The van der Waals surface area contributed by atoms with Gasteiger partial charge in [-0.1, -0.05) is 67.6 Å². The Morgan fingerprint density at radius 1 is 0.962 bits per heavy atom. The maximum atomic E-state index is 13.0. The lowest BCUT2D eigenvalue weighted by molar-refractivity contribution is -0.153. The third-order valence-corrected chi connectivity index (χ3v) is 4.85. The number of amides is 2. The molecule has 0 radical (unpaired) electrons. The monoisotopic (exact) mass is 350 g/mol. The lowest BCUT2D eigenvalue weighted by Gasteiger charge is -2.32. The number of hydrogen-bond donors (Lipinski definition) is 0. The predicted octanol–water partition coefficient (Wildman–Crippen LogP) is 3.47. The van der Waals surface area contributed by atoms with Gasteiger partial charge in [0.05, 0.1) is 0 Å². The molecule has 3 rings (SSSR count). The maximum Gasteiger partial charge on any atom is 0.312 e. The zero-order chi connectivity index (χ0) is 18.4. The van der Waals surface area contributed by atoms with Crippen molar-refractivity contribution >= 4 is 11.8 Å². The number of carbonyl (C=O) groups is 2. The molecule has 1 aliphatic heterocycles. The molecule has 0 saturated carbocycles. The van der Waals surface area contributed by atoms with Crippen LogP contribution in [0.15, 0.2) is 60.7 Å². The van der Waals surface area contributed by atoms with Crippen LogP contribution in [-0.2, 0) is 22.7 Å². The van der Waals surface area contributed by atoms with Crippen LogP contribution in [0.3, 0.4) is 0 Å². The number of carbonyl (C=O) groups excluding carboxylic acids is 2. The molecule has 1 fully saturated rings. The van der Waals surface area contributed by atoms with Gasteiger partial charge >= 0.3 is 11.8 Å². The summed E-state index contributed by atoms with van der Waals surface area (Å²) < 4.78 is 0. The molecule has 1 heterocycles. The molecule has 0 N–H and O–H groups in total. The molecule has 26 heavy (non-hydrogen) atoms. The van der Waals surface area contributed by atoms with Crippen LogP contribution < -0.4 is 0 Å². The molecule has 4 nitrogen and oxygen atoms in total. The van der Waals surface area contributed by atoms with E-state index in [-0.39, 0.29) is 5.91 Å². The molecule has 1 saturated heterocycles. The van der Waals surface area contributed by atoms with Gasteiger partial charge in [-0.3, -0.25) is 9.59 Å². The molecule has 4 heteroatoms. The first-order valence-electron chi connectivity index (χ1n) is 9.29. The molecular weight excluding hydrogens is 324 g/mol. The van der Waals surface area contributed by atoms with E-state index in [9.17, 15) is 9.59 Å². The Morgan fingerprint density at radius 2 is 1.50 bits per heavy atom. The topological polar surface area (TPSA) is 40.6 Å². The number of rotatable bonds is 4. The van der Waals surface area contributed by atoms with Crippen molar-refractivity contribution in [3.63, 3.8) is 0 Å². The van der Waals surface area contributed by atoms with Crippen LogP contribution in [0.4, 0.5) is 0 Å². The average molecular weight is 350 g/mol. The van der Waals surface area contributed by atoms with Gasteiger partial charge in [0.1, 0.15) is 0 Å². The van der Waals surface area contributed by atoms with Crippen molar-refractivity contribution in [2.45, 2.75) is 32.9 Å². The predicted molar refractivity (Wildman–Crippen MR) is 102 cm³/mol. The Bertz CT molecular complexity index is 689. The summed E-state index contributed by atoms with van der Waals surface area (Å²) in [7, 11) is 0. The van der Waals surface area contributed by atoms with Gasteiger partial charge in [0.25, 0.3) is 0 Å².